The third-order valence-corrected chi connectivity index (χ3v) is 1.89. The summed E-state index contributed by atoms with van der Waals surface area (Å²) in [4.78, 5) is 23.6. The van der Waals surface area contributed by atoms with E-state index in [0.29, 0.717) is 0 Å². The zero-order chi connectivity index (χ0) is 9.84. The molecule has 1 fully saturated rings. The molecule has 0 aromatic carbocycles. The molecule has 0 amide bonds. The van der Waals surface area contributed by atoms with Gasteiger partial charge in [0.15, 0.2) is 0 Å². The molecule has 0 unspecified atom stereocenters. The number of hydrogen-bond acceptors (Lipinski definition) is 5. The minimum Gasteiger partial charge on any atom is -0.463 e. The van der Waals surface area contributed by atoms with E-state index >= 15 is 0 Å². The molecule has 0 saturated carbocycles. The van der Waals surface area contributed by atoms with E-state index in [-0.39, 0.29) is 25.7 Å². The molecule has 0 atom stereocenters. The molecule has 0 aromatic rings. The normalized spacial score (nSPS) is 20.5. The van der Waals surface area contributed by atoms with Crippen molar-refractivity contribution >= 4 is 11.9 Å². The van der Waals surface area contributed by atoms with Gasteiger partial charge in [0.1, 0.15) is 19.6 Å². The predicted molar refractivity (Wildman–Crippen MR) is 44.0 cm³/mol. The monoisotopic (exact) mass is 187 g/mol. The number of nitrogens with zero attached hydrogens (tertiary/aromatic N) is 1. The molecule has 0 aromatic heterocycles. The molecular weight excluding hydrogens is 174 g/mol. The van der Waals surface area contributed by atoms with Gasteiger partial charge in [0.2, 0.25) is 0 Å². The highest BCUT2D eigenvalue weighted by molar-refractivity contribution is 5.91. The summed E-state index contributed by atoms with van der Waals surface area (Å²) >= 11 is 0. The van der Waals surface area contributed by atoms with E-state index < -0.39 is 11.9 Å². The van der Waals surface area contributed by atoms with Crippen LogP contribution < -0.4 is 0 Å². The average Bonchev–Trinajstić information content (AvgIpc) is 2.00. The summed E-state index contributed by atoms with van der Waals surface area (Å²) in [6.45, 7) is 0.554. The Balaban J connectivity index is 2.53. The van der Waals surface area contributed by atoms with E-state index in [1.54, 1.807) is 0 Å². The number of cyclic esters (lactones) is 2. The first-order chi connectivity index (χ1) is 6.09. The summed E-state index contributed by atoms with van der Waals surface area (Å²) < 4.78 is 9.69. The fourth-order valence-corrected chi connectivity index (χ4v) is 0.944. The van der Waals surface area contributed by atoms with Crippen molar-refractivity contribution in [2.24, 2.45) is 0 Å². The van der Waals surface area contributed by atoms with Crippen LogP contribution in [0.1, 0.15) is 6.42 Å². The van der Waals surface area contributed by atoms with Crippen molar-refractivity contribution in [1.29, 1.82) is 0 Å². The molecule has 1 aliphatic heterocycles. The first-order valence-corrected chi connectivity index (χ1v) is 4.07. The number of carbonyl (C=O) groups excluding carboxylic acids is 2. The molecule has 1 rings (SSSR count). The Morgan fingerprint density at radius 1 is 1.15 bits per heavy atom. The van der Waals surface area contributed by atoms with E-state index in [4.69, 9.17) is 9.47 Å². The Bertz CT molecular complexity index is 196. The van der Waals surface area contributed by atoms with Gasteiger partial charge in [0, 0.05) is 0 Å². The van der Waals surface area contributed by atoms with E-state index in [1.807, 2.05) is 19.0 Å². The Morgan fingerprint density at radius 3 is 2.00 bits per heavy atom. The van der Waals surface area contributed by atoms with Gasteiger partial charge in [-0.3, -0.25) is 9.59 Å². The van der Waals surface area contributed by atoms with Gasteiger partial charge in [0.05, 0.1) is 6.04 Å². The Labute approximate surface area is 76.6 Å². The van der Waals surface area contributed by atoms with Crippen LogP contribution in [0.2, 0.25) is 0 Å². The van der Waals surface area contributed by atoms with Crippen molar-refractivity contribution in [3.8, 4) is 0 Å². The fraction of sp³-hybridized carbons (Fsp3) is 0.750. The molecule has 0 aliphatic carbocycles. The summed E-state index contributed by atoms with van der Waals surface area (Å²) in [5.41, 5.74) is 0. The molecule has 5 nitrogen and oxygen atoms in total. The van der Waals surface area contributed by atoms with Crippen LogP contribution in [0, 0.1) is 0 Å². The lowest BCUT2D eigenvalue weighted by atomic mass is 10.3. The van der Waals surface area contributed by atoms with Gasteiger partial charge in [0.25, 0.3) is 0 Å². The summed E-state index contributed by atoms with van der Waals surface area (Å²) in [6, 6.07) is -0.0480. The van der Waals surface area contributed by atoms with Gasteiger partial charge in [-0.1, -0.05) is 0 Å². The minimum atomic E-state index is -0.517. The molecule has 1 saturated heterocycles. The van der Waals surface area contributed by atoms with Crippen LogP contribution in [0.15, 0.2) is 0 Å². The SMILES string of the molecule is CN(C)C1COC(=O)CC(=O)OC1. The highest BCUT2D eigenvalue weighted by Gasteiger charge is 2.22. The Hall–Kier alpha value is -1.10. The van der Waals surface area contributed by atoms with Gasteiger partial charge < -0.3 is 14.4 Å². The second kappa shape index (κ2) is 4.23. The molecule has 0 bridgehead atoms. The molecule has 1 heterocycles. The van der Waals surface area contributed by atoms with Crippen LogP contribution in [-0.2, 0) is 19.1 Å². The van der Waals surface area contributed by atoms with Crippen molar-refractivity contribution in [1.82, 2.24) is 4.90 Å². The summed E-state index contributed by atoms with van der Waals surface area (Å²) in [5, 5.41) is 0. The number of carbonyl (C=O) groups is 2. The third kappa shape index (κ3) is 3.02. The van der Waals surface area contributed by atoms with Crippen molar-refractivity contribution in [2.75, 3.05) is 27.3 Å². The van der Waals surface area contributed by atoms with Crippen molar-refractivity contribution < 1.29 is 19.1 Å². The standard InChI is InChI=1S/C8H13NO4/c1-9(2)6-4-12-7(10)3-8(11)13-5-6/h6H,3-5H2,1-2H3. The van der Waals surface area contributed by atoms with E-state index in [0.717, 1.165) is 0 Å². The lowest BCUT2D eigenvalue weighted by Crippen LogP contribution is -2.40. The topological polar surface area (TPSA) is 55.8 Å². The molecule has 0 radical (unpaired) electrons. The quantitative estimate of drug-likeness (QED) is 0.405. The molecule has 5 heteroatoms. The second-order valence-electron chi connectivity index (χ2n) is 3.16. The highest BCUT2D eigenvalue weighted by atomic mass is 16.6. The Kier molecular flexibility index (Phi) is 3.25. The minimum absolute atomic E-state index is 0.0480. The van der Waals surface area contributed by atoms with Crippen molar-refractivity contribution in [3.63, 3.8) is 0 Å². The number of likely N-dealkylation sites (N-methyl/N-ethyl adjacent to an activating group) is 1. The van der Waals surface area contributed by atoms with Gasteiger partial charge in [-0.2, -0.15) is 0 Å². The van der Waals surface area contributed by atoms with Crippen LogP contribution in [0.25, 0.3) is 0 Å². The van der Waals surface area contributed by atoms with Crippen molar-refractivity contribution in [2.45, 2.75) is 12.5 Å². The highest BCUT2D eigenvalue weighted by Crippen LogP contribution is 2.03. The number of ether oxygens (including phenoxy) is 2. The average molecular weight is 187 g/mol. The smallest absolute Gasteiger partial charge is 0.317 e. The maximum absolute atomic E-state index is 10.9. The molecule has 0 N–H and O–H groups in total. The van der Waals surface area contributed by atoms with Crippen molar-refractivity contribution in [3.05, 3.63) is 0 Å². The summed E-state index contributed by atoms with van der Waals surface area (Å²) in [5.74, 6) is -1.03. The van der Waals surface area contributed by atoms with Crippen LogP contribution in [-0.4, -0.2) is 50.2 Å². The van der Waals surface area contributed by atoms with E-state index in [9.17, 15) is 9.59 Å². The maximum Gasteiger partial charge on any atom is 0.317 e. The maximum atomic E-state index is 10.9. The van der Waals surface area contributed by atoms with Crippen LogP contribution in [0.4, 0.5) is 0 Å². The lowest BCUT2D eigenvalue weighted by Gasteiger charge is -2.25. The number of rotatable bonds is 1. The molecule has 0 spiro atoms. The fourth-order valence-electron chi connectivity index (χ4n) is 0.944. The molecule has 13 heavy (non-hydrogen) atoms. The number of esters is 2. The summed E-state index contributed by atoms with van der Waals surface area (Å²) in [6.07, 6.45) is -0.278. The zero-order valence-electron chi connectivity index (χ0n) is 7.78. The van der Waals surface area contributed by atoms with Crippen LogP contribution in [0.3, 0.4) is 0 Å². The summed E-state index contributed by atoms with van der Waals surface area (Å²) in [7, 11) is 3.68. The third-order valence-electron chi connectivity index (χ3n) is 1.89. The van der Waals surface area contributed by atoms with Gasteiger partial charge in [-0.05, 0) is 14.1 Å². The van der Waals surface area contributed by atoms with Gasteiger partial charge in [-0.25, -0.2) is 0 Å². The second-order valence-corrected chi connectivity index (χ2v) is 3.16. The molecule has 1 aliphatic rings. The number of hydrogen-bond donors (Lipinski definition) is 0. The van der Waals surface area contributed by atoms with Gasteiger partial charge in [-0.15, -0.1) is 0 Å². The molecule has 74 valence electrons. The largest absolute Gasteiger partial charge is 0.463 e. The van der Waals surface area contributed by atoms with Gasteiger partial charge >= 0.3 is 11.9 Å². The van der Waals surface area contributed by atoms with E-state index in [1.165, 1.54) is 0 Å². The first-order valence-electron chi connectivity index (χ1n) is 4.07. The zero-order valence-corrected chi connectivity index (χ0v) is 7.78. The van der Waals surface area contributed by atoms with Crippen LogP contribution >= 0.6 is 0 Å². The molecular formula is C8H13NO4. The Morgan fingerprint density at radius 2 is 1.62 bits per heavy atom. The van der Waals surface area contributed by atoms with Crippen LogP contribution in [0.5, 0.6) is 0 Å². The predicted octanol–water partition coefficient (Wildman–Crippen LogP) is -0.593. The first kappa shape index (κ1) is 9.98. The lowest BCUT2D eigenvalue weighted by molar-refractivity contribution is -0.161. The van der Waals surface area contributed by atoms with E-state index in [2.05, 4.69) is 0 Å².